The summed E-state index contributed by atoms with van der Waals surface area (Å²) in [6.45, 7) is 3.91. The molecule has 1 heterocycles. The number of hydrogen-bond donors (Lipinski definition) is 1. The van der Waals surface area contributed by atoms with Crippen LogP contribution in [-0.2, 0) is 9.47 Å². The monoisotopic (exact) mass is 350 g/mol. The van der Waals surface area contributed by atoms with E-state index in [-0.39, 0.29) is 12.5 Å². The largest absolute Gasteiger partial charge is 0.468 e. The van der Waals surface area contributed by atoms with Gasteiger partial charge in [0.25, 0.3) is 0 Å². The summed E-state index contributed by atoms with van der Waals surface area (Å²) in [6.07, 6.45) is -3.76. The van der Waals surface area contributed by atoms with Gasteiger partial charge in [0.1, 0.15) is 5.60 Å². The SMILES string of the molecule is COCC(NC(=O)OC(C)(C)C)c1ccc(OCC(F)(F)F)nc1. The van der Waals surface area contributed by atoms with E-state index in [1.807, 2.05) is 0 Å². The Balaban J connectivity index is 2.73. The summed E-state index contributed by atoms with van der Waals surface area (Å²) in [6, 6.07) is 2.23. The fraction of sp³-hybridized carbons (Fsp3) is 0.600. The van der Waals surface area contributed by atoms with Gasteiger partial charge >= 0.3 is 12.3 Å². The van der Waals surface area contributed by atoms with Crippen molar-refractivity contribution in [2.45, 2.75) is 38.6 Å². The Labute approximate surface area is 138 Å². The zero-order valence-electron chi connectivity index (χ0n) is 13.9. The number of halogens is 3. The van der Waals surface area contributed by atoms with Crippen molar-refractivity contribution < 1.29 is 32.2 Å². The molecule has 0 bridgehead atoms. The standard InChI is InChI=1S/C15H21F3N2O4/c1-14(2,3)24-13(21)20-11(8-22-4)10-5-6-12(19-7-10)23-9-15(16,17)18/h5-7,11H,8-9H2,1-4H3,(H,20,21). The van der Waals surface area contributed by atoms with Crippen LogP contribution in [-0.4, -0.2) is 43.2 Å². The smallest absolute Gasteiger partial charge is 0.422 e. The van der Waals surface area contributed by atoms with Crippen molar-refractivity contribution in [2.75, 3.05) is 20.3 Å². The molecule has 0 saturated carbocycles. The van der Waals surface area contributed by atoms with Crippen LogP contribution < -0.4 is 10.1 Å². The summed E-state index contributed by atoms with van der Waals surface area (Å²) in [4.78, 5) is 15.6. The van der Waals surface area contributed by atoms with Gasteiger partial charge in [0.15, 0.2) is 6.61 Å². The number of nitrogens with zero attached hydrogens (tertiary/aromatic N) is 1. The Hall–Kier alpha value is -2.03. The number of ether oxygens (including phenoxy) is 3. The highest BCUT2D eigenvalue weighted by molar-refractivity contribution is 5.68. The van der Waals surface area contributed by atoms with Crippen LogP contribution in [0.4, 0.5) is 18.0 Å². The number of alkyl carbamates (subject to hydrolysis) is 1. The lowest BCUT2D eigenvalue weighted by Gasteiger charge is -2.23. The van der Waals surface area contributed by atoms with Gasteiger partial charge in [-0.15, -0.1) is 0 Å². The number of pyridine rings is 1. The molecule has 1 aromatic heterocycles. The maximum absolute atomic E-state index is 12.1. The van der Waals surface area contributed by atoms with E-state index >= 15 is 0 Å². The average molecular weight is 350 g/mol. The number of rotatable bonds is 6. The van der Waals surface area contributed by atoms with Gasteiger partial charge in [-0.3, -0.25) is 0 Å². The third-order valence-corrected chi connectivity index (χ3v) is 2.57. The third kappa shape index (κ3) is 8.00. The molecule has 1 N–H and O–H groups in total. The van der Waals surface area contributed by atoms with Crippen LogP contribution in [0.2, 0.25) is 0 Å². The number of hydrogen-bond acceptors (Lipinski definition) is 5. The maximum atomic E-state index is 12.1. The average Bonchev–Trinajstić information content (AvgIpc) is 2.42. The maximum Gasteiger partial charge on any atom is 0.422 e. The Morgan fingerprint density at radius 2 is 1.96 bits per heavy atom. The van der Waals surface area contributed by atoms with Gasteiger partial charge in [-0.1, -0.05) is 0 Å². The second-order valence-electron chi connectivity index (χ2n) is 5.99. The van der Waals surface area contributed by atoms with E-state index in [9.17, 15) is 18.0 Å². The van der Waals surface area contributed by atoms with Gasteiger partial charge < -0.3 is 19.5 Å². The fourth-order valence-electron chi connectivity index (χ4n) is 1.68. The minimum atomic E-state index is -4.43. The predicted molar refractivity (Wildman–Crippen MR) is 79.8 cm³/mol. The first-order chi connectivity index (χ1) is 11.0. The first-order valence-corrected chi connectivity index (χ1v) is 7.14. The number of carbonyl (C=O) groups is 1. The molecule has 0 radical (unpaired) electrons. The second kappa shape index (κ2) is 8.18. The summed E-state index contributed by atoms with van der Waals surface area (Å²) in [7, 11) is 1.46. The highest BCUT2D eigenvalue weighted by Crippen LogP contribution is 2.19. The number of nitrogens with one attached hydrogen (secondary N) is 1. The molecular weight excluding hydrogens is 329 g/mol. The first kappa shape index (κ1) is 20.0. The number of methoxy groups -OCH3 is 1. The van der Waals surface area contributed by atoms with Crippen LogP contribution in [0.5, 0.6) is 5.88 Å². The summed E-state index contributed by atoms with van der Waals surface area (Å²) >= 11 is 0. The van der Waals surface area contributed by atoms with Crippen LogP contribution in [0.3, 0.4) is 0 Å². The van der Waals surface area contributed by atoms with Gasteiger partial charge in [-0.2, -0.15) is 13.2 Å². The van der Waals surface area contributed by atoms with E-state index < -0.39 is 30.5 Å². The molecule has 136 valence electrons. The topological polar surface area (TPSA) is 69.7 Å². The molecule has 0 aliphatic rings. The third-order valence-electron chi connectivity index (χ3n) is 2.57. The lowest BCUT2D eigenvalue weighted by Crippen LogP contribution is -2.36. The molecule has 0 saturated heterocycles. The lowest BCUT2D eigenvalue weighted by atomic mass is 10.1. The van der Waals surface area contributed by atoms with Gasteiger partial charge in [0, 0.05) is 19.4 Å². The van der Waals surface area contributed by atoms with Crippen molar-refractivity contribution in [3.8, 4) is 5.88 Å². The van der Waals surface area contributed by atoms with E-state index in [0.29, 0.717) is 5.56 Å². The van der Waals surface area contributed by atoms with Crippen LogP contribution in [0.25, 0.3) is 0 Å². The van der Waals surface area contributed by atoms with Crippen LogP contribution in [0, 0.1) is 0 Å². The molecule has 1 unspecified atom stereocenters. The lowest BCUT2D eigenvalue weighted by molar-refractivity contribution is -0.154. The van der Waals surface area contributed by atoms with Crippen molar-refractivity contribution in [1.29, 1.82) is 0 Å². The summed E-state index contributed by atoms with van der Waals surface area (Å²) in [5, 5.41) is 2.62. The number of alkyl halides is 3. The molecule has 0 aromatic carbocycles. The molecule has 9 heteroatoms. The fourth-order valence-corrected chi connectivity index (χ4v) is 1.68. The molecule has 0 aliphatic heterocycles. The zero-order chi connectivity index (χ0) is 18.4. The molecule has 0 spiro atoms. The Morgan fingerprint density at radius 1 is 1.29 bits per heavy atom. The van der Waals surface area contributed by atoms with Crippen LogP contribution >= 0.6 is 0 Å². The highest BCUT2D eigenvalue weighted by atomic mass is 19.4. The molecule has 1 atom stereocenters. The summed E-state index contributed by atoms with van der Waals surface area (Å²) in [5.41, 5.74) is -0.114. The van der Waals surface area contributed by atoms with E-state index in [2.05, 4.69) is 15.0 Å². The molecule has 0 aliphatic carbocycles. The van der Waals surface area contributed by atoms with Crippen molar-refractivity contribution in [1.82, 2.24) is 10.3 Å². The minimum Gasteiger partial charge on any atom is -0.468 e. The predicted octanol–water partition coefficient (Wildman–Crippen LogP) is 3.23. The molecular formula is C15H21F3N2O4. The van der Waals surface area contributed by atoms with E-state index in [0.717, 1.165) is 0 Å². The van der Waals surface area contributed by atoms with Crippen molar-refractivity contribution in [3.05, 3.63) is 23.9 Å². The molecule has 6 nitrogen and oxygen atoms in total. The molecule has 1 rings (SSSR count). The normalized spacial score (nSPS) is 13.3. The Kier molecular flexibility index (Phi) is 6.82. The number of amides is 1. The molecule has 24 heavy (non-hydrogen) atoms. The summed E-state index contributed by atoms with van der Waals surface area (Å²) in [5.74, 6) is -0.162. The van der Waals surface area contributed by atoms with Crippen molar-refractivity contribution in [2.24, 2.45) is 0 Å². The van der Waals surface area contributed by atoms with Gasteiger partial charge in [0.05, 0.1) is 12.6 Å². The quantitative estimate of drug-likeness (QED) is 0.853. The second-order valence-corrected chi connectivity index (χ2v) is 5.99. The van der Waals surface area contributed by atoms with Crippen LogP contribution in [0.15, 0.2) is 18.3 Å². The highest BCUT2D eigenvalue weighted by Gasteiger charge is 2.28. The van der Waals surface area contributed by atoms with Crippen LogP contribution in [0.1, 0.15) is 32.4 Å². The number of aromatic nitrogens is 1. The van der Waals surface area contributed by atoms with Crippen molar-refractivity contribution >= 4 is 6.09 Å². The molecule has 1 amide bonds. The van der Waals surface area contributed by atoms with E-state index in [1.54, 1.807) is 20.8 Å². The van der Waals surface area contributed by atoms with E-state index in [4.69, 9.17) is 9.47 Å². The summed E-state index contributed by atoms with van der Waals surface area (Å²) < 4.78 is 51.0. The zero-order valence-corrected chi connectivity index (χ0v) is 13.9. The Bertz CT molecular complexity index is 527. The number of carbonyl (C=O) groups excluding carboxylic acids is 1. The van der Waals surface area contributed by atoms with E-state index in [1.165, 1.54) is 25.4 Å². The minimum absolute atomic E-state index is 0.143. The Morgan fingerprint density at radius 3 is 2.42 bits per heavy atom. The molecule has 0 fully saturated rings. The van der Waals surface area contributed by atoms with Gasteiger partial charge in [-0.25, -0.2) is 9.78 Å². The molecule has 1 aromatic rings. The van der Waals surface area contributed by atoms with Crippen molar-refractivity contribution in [3.63, 3.8) is 0 Å². The first-order valence-electron chi connectivity index (χ1n) is 7.14. The van der Waals surface area contributed by atoms with Gasteiger partial charge in [0.2, 0.25) is 5.88 Å². The van der Waals surface area contributed by atoms with Gasteiger partial charge in [-0.05, 0) is 32.4 Å².